The summed E-state index contributed by atoms with van der Waals surface area (Å²) < 4.78 is 6.14. The van der Waals surface area contributed by atoms with Crippen LogP contribution in [0.3, 0.4) is 0 Å². The lowest BCUT2D eigenvalue weighted by Crippen LogP contribution is -2.57. The summed E-state index contributed by atoms with van der Waals surface area (Å²) in [5.74, 6) is 0. The van der Waals surface area contributed by atoms with Crippen molar-refractivity contribution in [2.45, 2.75) is 52.4 Å². The molecule has 1 aliphatic rings. The van der Waals surface area contributed by atoms with Crippen molar-refractivity contribution in [1.29, 1.82) is 0 Å². The van der Waals surface area contributed by atoms with Crippen LogP contribution in [-0.4, -0.2) is 30.8 Å². The van der Waals surface area contributed by atoms with Gasteiger partial charge in [0.1, 0.15) is 0 Å². The molecule has 21 heavy (non-hydrogen) atoms. The second-order valence-corrected chi connectivity index (χ2v) is 7.44. The Bertz CT molecular complexity index is 484. The van der Waals surface area contributed by atoms with Crippen LogP contribution in [0.5, 0.6) is 0 Å². The molecule has 1 aliphatic heterocycles. The first-order valence-electron chi connectivity index (χ1n) is 7.67. The van der Waals surface area contributed by atoms with Gasteiger partial charge < -0.3 is 15.0 Å². The lowest BCUT2D eigenvalue weighted by Gasteiger charge is -2.48. The minimum absolute atomic E-state index is 0.156. The third kappa shape index (κ3) is 4.35. The second kappa shape index (κ2) is 6.15. The van der Waals surface area contributed by atoms with E-state index in [-0.39, 0.29) is 11.2 Å². The zero-order valence-corrected chi connectivity index (χ0v) is 14.5. The number of rotatable bonds is 4. The molecule has 1 aromatic carbocycles. The molecule has 118 valence electrons. The second-order valence-electron chi connectivity index (χ2n) is 7.03. The number of hydrogen-bond donors (Lipinski definition) is 1. The number of halogens is 1. The molecular formula is C17H27ClN2O. The molecule has 0 bridgehead atoms. The lowest BCUT2D eigenvalue weighted by atomic mass is 9.98. The molecule has 0 unspecified atom stereocenters. The molecule has 3 nitrogen and oxygen atoms in total. The van der Waals surface area contributed by atoms with Crippen LogP contribution in [0.15, 0.2) is 18.2 Å². The van der Waals surface area contributed by atoms with Gasteiger partial charge in [-0.05, 0) is 51.9 Å². The summed E-state index contributed by atoms with van der Waals surface area (Å²) in [7, 11) is 0. The summed E-state index contributed by atoms with van der Waals surface area (Å²) >= 11 is 6.43. The molecule has 1 aromatic rings. The van der Waals surface area contributed by atoms with Gasteiger partial charge in [-0.1, -0.05) is 24.6 Å². The van der Waals surface area contributed by atoms with Gasteiger partial charge in [0.2, 0.25) is 0 Å². The Hall–Kier alpha value is -0.770. The van der Waals surface area contributed by atoms with Crippen LogP contribution in [0.25, 0.3) is 0 Å². The fraction of sp³-hybridized carbons (Fsp3) is 0.647. The van der Waals surface area contributed by atoms with Gasteiger partial charge in [0.15, 0.2) is 0 Å². The summed E-state index contributed by atoms with van der Waals surface area (Å²) in [6, 6.07) is 6.36. The Labute approximate surface area is 133 Å². The highest BCUT2D eigenvalue weighted by Crippen LogP contribution is 2.33. The molecular weight excluding hydrogens is 284 g/mol. The molecule has 2 rings (SSSR count). The van der Waals surface area contributed by atoms with Gasteiger partial charge in [-0.15, -0.1) is 0 Å². The normalized spacial score (nSPS) is 20.6. The van der Waals surface area contributed by atoms with Crippen molar-refractivity contribution in [3.8, 4) is 0 Å². The molecule has 0 spiro atoms. The first-order chi connectivity index (χ1) is 9.72. The van der Waals surface area contributed by atoms with Crippen LogP contribution in [0.1, 0.15) is 40.2 Å². The Morgan fingerprint density at radius 1 is 1.19 bits per heavy atom. The lowest BCUT2D eigenvalue weighted by molar-refractivity contribution is -0.133. The average Bonchev–Trinajstić information content (AvgIpc) is 2.33. The maximum atomic E-state index is 6.43. The summed E-state index contributed by atoms with van der Waals surface area (Å²) in [5.41, 5.74) is 2.01. The first kappa shape index (κ1) is 16.6. The summed E-state index contributed by atoms with van der Waals surface area (Å²) in [5, 5.41) is 4.14. The van der Waals surface area contributed by atoms with Crippen molar-refractivity contribution >= 4 is 17.3 Å². The maximum absolute atomic E-state index is 6.43. The van der Waals surface area contributed by atoms with E-state index in [1.54, 1.807) is 0 Å². The van der Waals surface area contributed by atoms with Crippen molar-refractivity contribution in [3.05, 3.63) is 28.8 Å². The van der Waals surface area contributed by atoms with Crippen molar-refractivity contribution in [2.24, 2.45) is 0 Å². The van der Waals surface area contributed by atoms with Gasteiger partial charge in [-0.2, -0.15) is 0 Å². The van der Waals surface area contributed by atoms with Crippen molar-refractivity contribution in [2.75, 3.05) is 24.5 Å². The number of nitrogens with zero attached hydrogens (tertiary/aromatic N) is 1. The Kier molecular flexibility index (Phi) is 4.86. The molecule has 0 atom stereocenters. The third-order valence-corrected chi connectivity index (χ3v) is 4.01. The highest BCUT2D eigenvalue weighted by atomic mass is 35.5. The van der Waals surface area contributed by atoms with E-state index in [0.29, 0.717) is 0 Å². The molecule has 0 aromatic heterocycles. The number of ether oxygens (including phenoxy) is 1. The van der Waals surface area contributed by atoms with E-state index in [0.717, 1.165) is 36.8 Å². The number of morpholine rings is 1. The zero-order chi connectivity index (χ0) is 15.7. The molecule has 1 saturated heterocycles. The third-order valence-electron chi connectivity index (χ3n) is 3.66. The average molecular weight is 311 g/mol. The van der Waals surface area contributed by atoms with E-state index in [1.807, 2.05) is 0 Å². The van der Waals surface area contributed by atoms with E-state index in [4.69, 9.17) is 16.3 Å². The minimum atomic E-state index is -0.156. The van der Waals surface area contributed by atoms with Gasteiger partial charge >= 0.3 is 0 Å². The number of hydrogen-bond acceptors (Lipinski definition) is 3. The van der Waals surface area contributed by atoms with E-state index in [1.165, 1.54) is 5.69 Å². The molecule has 1 N–H and O–H groups in total. The number of nitrogens with one attached hydrogen (secondary N) is 1. The maximum Gasteiger partial charge on any atom is 0.0808 e. The molecule has 0 radical (unpaired) electrons. The van der Waals surface area contributed by atoms with Crippen molar-refractivity contribution in [3.63, 3.8) is 0 Å². The molecule has 0 saturated carbocycles. The zero-order valence-electron chi connectivity index (χ0n) is 13.8. The van der Waals surface area contributed by atoms with Crippen molar-refractivity contribution < 1.29 is 4.74 Å². The van der Waals surface area contributed by atoms with Gasteiger partial charge in [-0.3, -0.25) is 0 Å². The van der Waals surface area contributed by atoms with Crippen LogP contribution in [0, 0.1) is 0 Å². The minimum Gasteiger partial charge on any atom is -0.366 e. The molecule has 1 heterocycles. The summed E-state index contributed by atoms with van der Waals surface area (Å²) in [6.07, 6.45) is 0. The Morgan fingerprint density at radius 3 is 2.33 bits per heavy atom. The molecule has 4 heteroatoms. The predicted octanol–water partition coefficient (Wildman–Crippen LogP) is 3.84. The summed E-state index contributed by atoms with van der Waals surface area (Å²) in [6.45, 7) is 14.2. The SMILES string of the molecule is CCNCc1ccc(N2CC(C)(C)OC(C)(C)C2)cc1Cl. The fourth-order valence-electron chi connectivity index (χ4n) is 3.11. The van der Waals surface area contributed by atoms with E-state index in [9.17, 15) is 0 Å². The molecule has 1 fully saturated rings. The van der Waals surface area contributed by atoms with Gasteiger partial charge in [0, 0.05) is 30.3 Å². The van der Waals surface area contributed by atoms with E-state index >= 15 is 0 Å². The molecule has 0 aliphatic carbocycles. The largest absolute Gasteiger partial charge is 0.366 e. The molecule has 0 amide bonds. The van der Waals surface area contributed by atoms with E-state index < -0.39 is 0 Å². The Balaban J connectivity index is 2.19. The quantitative estimate of drug-likeness (QED) is 0.914. The fourth-order valence-corrected chi connectivity index (χ4v) is 3.35. The van der Waals surface area contributed by atoms with Gasteiger partial charge in [0.25, 0.3) is 0 Å². The van der Waals surface area contributed by atoms with E-state index in [2.05, 4.69) is 63.0 Å². The standard InChI is InChI=1S/C17H27ClN2O/c1-6-19-10-13-7-8-14(9-15(13)18)20-11-16(2,3)21-17(4,5)12-20/h7-9,19H,6,10-12H2,1-5H3. The monoisotopic (exact) mass is 310 g/mol. The highest BCUT2D eigenvalue weighted by molar-refractivity contribution is 6.31. The first-order valence-corrected chi connectivity index (χ1v) is 8.04. The number of anilines is 1. The smallest absolute Gasteiger partial charge is 0.0808 e. The van der Waals surface area contributed by atoms with Gasteiger partial charge in [-0.25, -0.2) is 0 Å². The van der Waals surface area contributed by atoms with Crippen LogP contribution >= 0.6 is 11.6 Å². The Morgan fingerprint density at radius 2 is 1.81 bits per heavy atom. The van der Waals surface area contributed by atoms with Crippen LogP contribution in [0.2, 0.25) is 5.02 Å². The predicted molar refractivity (Wildman–Crippen MR) is 90.3 cm³/mol. The number of benzene rings is 1. The van der Waals surface area contributed by atoms with Crippen LogP contribution in [-0.2, 0) is 11.3 Å². The highest BCUT2D eigenvalue weighted by Gasteiger charge is 2.38. The van der Waals surface area contributed by atoms with Crippen molar-refractivity contribution in [1.82, 2.24) is 5.32 Å². The van der Waals surface area contributed by atoms with Crippen LogP contribution < -0.4 is 10.2 Å². The van der Waals surface area contributed by atoms with Gasteiger partial charge in [0.05, 0.1) is 11.2 Å². The topological polar surface area (TPSA) is 24.5 Å². The van der Waals surface area contributed by atoms with Crippen LogP contribution in [0.4, 0.5) is 5.69 Å². The summed E-state index contributed by atoms with van der Waals surface area (Å²) in [4.78, 5) is 2.37.